The molecule has 0 aliphatic rings. The Morgan fingerprint density at radius 2 is 2.31 bits per heavy atom. The summed E-state index contributed by atoms with van der Waals surface area (Å²) in [6.45, 7) is 2.03. The Morgan fingerprint density at radius 1 is 1.56 bits per heavy atom. The summed E-state index contributed by atoms with van der Waals surface area (Å²) in [6.07, 6.45) is 4.31. The molecule has 0 atom stereocenters. The van der Waals surface area contributed by atoms with Crippen molar-refractivity contribution in [2.45, 2.75) is 13.3 Å². The highest BCUT2D eigenvalue weighted by molar-refractivity contribution is 7.12. The van der Waals surface area contributed by atoms with Gasteiger partial charge in [-0.2, -0.15) is 0 Å². The zero-order chi connectivity index (χ0) is 12.0. The van der Waals surface area contributed by atoms with Gasteiger partial charge in [0.2, 0.25) is 5.91 Å². The van der Waals surface area contributed by atoms with Gasteiger partial charge in [0.1, 0.15) is 4.88 Å². The van der Waals surface area contributed by atoms with Gasteiger partial charge in [0.15, 0.2) is 0 Å². The van der Waals surface area contributed by atoms with Crippen molar-refractivity contribution in [3.63, 3.8) is 0 Å². The number of amides is 1. The van der Waals surface area contributed by atoms with Crippen molar-refractivity contribution in [2.24, 2.45) is 0 Å². The average Bonchev–Trinajstić information content (AvgIpc) is 2.65. The van der Waals surface area contributed by atoms with Crippen LogP contribution in [-0.4, -0.2) is 23.5 Å². The van der Waals surface area contributed by atoms with Crippen molar-refractivity contribution in [3.05, 3.63) is 28.0 Å². The number of rotatable bonds is 5. The molecule has 2 N–H and O–H groups in total. The molecule has 4 nitrogen and oxygen atoms in total. The predicted octanol–water partition coefficient (Wildman–Crippen LogP) is 1.99. The summed E-state index contributed by atoms with van der Waals surface area (Å²) in [5, 5.41) is 13.3. The highest BCUT2D eigenvalue weighted by atomic mass is 32.1. The van der Waals surface area contributed by atoms with Gasteiger partial charge in [0.25, 0.3) is 0 Å². The summed E-state index contributed by atoms with van der Waals surface area (Å²) in [5.74, 6) is -0.966. The van der Waals surface area contributed by atoms with E-state index in [0.29, 0.717) is 23.4 Å². The number of carbonyl (C=O) groups excluding carboxylic acids is 1. The fourth-order valence-corrected chi connectivity index (χ4v) is 1.89. The monoisotopic (exact) mass is 239 g/mol. The molecule has 16 heavy (non-hydrogen) atoms. The first-order valence-corrected chi connectivity index (χ1v) is 5.71. The first-order chi connectivity index (χ1) is 7.61. The SMILES string of the molecule is CC(=O)NCCC=Cc1ccsc1C(=O)O. The Morgan fingerprint density at radius 3 is 2.94 bits per heavy atom. The van der Waals surface area contributed by atoms with E-state index in [1.165, 1.54) is 18.3 Å². The lowest BCUT2D eigenvalue weighted by Crippen LogP contribution is -2.20. The van der Waals surface area contributed by atoms with Gasteiger partial charge < -0.3 is 10.4 Å². The van der Waals surface area contributed by atoms with E-state index >= 15 is 0 Å². The highest BCUT2D eigenvalue weighted by Crippen LogP contribution is 2.18. The summed E-state index contributed by atoms with van der Waals surface area (Å²) in [7, 11) is 0. The summed E-state index contributed by atoms with van der Waals surface area (Å²) >= 11 is 1.21. The molecule has 1 heterocycles. The first-order valence-electron chi connectivity index (χ1n) is 4.83. The van der Waals surface area contributed by atoms with Crippen LogP contribution in [-0.2, 0) is 4.79 Å². The van der Waals surface area contributed by atoms with Crippen molar-refractivity contribution >= 4 is 29.3 Å². The van der Waals surface area contributed by atoms with Crippen molar-refractivity contribution in [1.29, 1.82) is 0 Å². The van der Waals surface area contributed by atoms with Crippen LogP contribution >= 0.6 is 11.3 Å². The Hall–Kier alpha value is -1.62. The molecule has 1 aromatic heterocycles. The zero-order valence-electron chi connectivity index (χ0n) is 8.90. The van der Waals surface area contributed by atoms with E-state index in [2.05, 4.69) is 5.32 Å². The largest absolute Gasteiger partial charge is 0.477 e. The molecule has 1 rings (SSSR count). The van der Waals surface area contributed by atoms with Gasteiger partial charge in [-0.3, -0.25) is 4.79 Å². The Labute approximate surface area is 97.6 Å². The molecule has 86 valence electrons. The second-order valence-corrected chi connectivity index (χ2v) is 4.10. The van der Waals surface area contributed by atoms with Crippen LogP contribution in [0.1, 0.15) is 28.6 Å². The van der Waals surface area contributed by atoms with Crippen molar-refractivity contribution in [2.75, 3.05) is 6.54 Å². The average molecular weight is 239 g/mol. The van der Waals surface area contributed by atoms with Crippen LogP contribution in [0.3, 0.4) is 0 Å². The van der Waals surface area contributed by atoms with Gasteiger partial charge in [0, 0.05) is 13.5 Å². The number of carboxylic acids is 1. The Balaban J connectivity index is 2.47. The molecular formula is C11H13NO3S. The van der Waals surface area contributed by atoms with Crippen LogP contribution in [0.25, 0.3) is 6.08 Å². The number of hydrogen-bond acceptors (Lipinski definition) is 3. The van der Waals surface area contributed by atoms with Gasteiger partial charge in [-0.25, -0.2) is 4.79 Å². The third kappa shape index (κ3) is 3.86. The van der Waals surface area contributed by atoms with Crippen LogP contribution in [0.15, 0.2) is 17.5 Å². The molecule has 0 bridgehead atoms. The summed E-state index contributed by atoms with van der Waals surface area (Å²) in [4.78, 5) is 21.7. The summed E-state index contributed by atoms with van der Waals surface area (Å²) < 4.78 is 0. The van der Waals surface area contributed by atoms with Crippen LogP contribution in [0, 0.1) is 0 Å². The predicted molar refractivity (Wildman–Crippen MR) is 63.6 cm³/mol. The first kappa shape index (κ1) is 12.4. The van der Waals surface area contributed by atoms with Gasteiger partial charge in [0.05, 0.1) is 0 Å². The summed E-state index contributed by atoms with van der Waals surface area (Å²) in [6, 6.07) is 1.77. The van der Waals surface area contributed by atoms with Crippen LogP contribution in [0.2, 0.25) is 0 Å². The number of carbonyl (C=O) groups is 2. The standard InChI is InChI=1S/C11H13NO3S/c1-8(13)12-6-3-2-4-9-5-7-16-10(9)11(14)15/h2,4-5,7H,3,6H2,1H3,(H,12,13)(H,14,15). The quantitative estimate of drug-likeness (QED) is 0.772. The van der Waals surface area contributed by atoms with Gasteiger partial charge in [-0.05, 0) is 23.4 Å². The van der Waals surface area contributed by atoms with Gasteiger partial charge in [-0.1, -0.05) is 12.2 Å². The topological polar surface area (TPSA) is 66.4 Å². The molecule has 0 aliphatic carbocycles. The van der Waals surface area contributed by atoms with Crippen LogP contribution in [0.4, 0.5) is 0 Å². The molecule has 0 aromatic carbocycles. The lowest BCUT2D eigenvalue weighted by atomic mass is 10.2. The third-order valence-corrected chi connectivity index (χ3v) is 2.79. The molecular weight excluding hydrogens is 226 g/mol. The number of aromatic carboxylic acids is 1. The molecule has 0 unspecified atom stereocenters. The van der Waals surface area contributed by atoms with Crippen molar-refractivity contribution in [1.82, 2.24) is 5.32 Å². The lowest BCUT2D eigenvalue weighted by molar-refractivity contribution is -0.118. The molecule has 5 heteroatoms. The van der Waals surface area contributed by atoms with Crippen molar-refractivity contribution < 1.29 is 14.7 Å². The molecule has 0 fully saturated rings. The maximum atomic E-state index is 10.8. The second kappa shape index (κ2) is 6.07. The minimum atomic E-state index is -0.906. The Bertz CT molecular complexity index is 409. The van der Waals surface area contributed by atoms with Crippen LogP contribution in [0.5, 0.6) is 0 Å². The highest BCUT2D eigenvalue weighted by Gasteiger charge is 2.08. The molecule has 0 saturated carbocycles. The smallest absolute Gasteiger partial charge is 0.346 e. The number of nitrogens with one attached hydrogen (secondary N) is 1. The molecule has 0 radical (unpaired) electrons. The molecule has 0 spiro atoms. The lowest BCUT2D eigenvalue weighted by Gasteiger charge is -1.96. The van der Waals surface area contributed by atoms with E-state index in [1.54, 1.807) is 17.5 Å². The minimum absolute atomic E-state index is 0.0600. The van der Waals surface area contributed by atoms with E-state index < -0.39 is 5.97 Å². The van der Waals surface area contributed by atoms with Crippen molar-refractivity contribution in [3.8, 4) is 0 Å². The fraction of sp³-hybridized carbons (Fsp3) is 0.273. The minimum Gasteiger partial charge on any atom is -0.477 e. The molecule has 0 aliphatic heterocycles. The normalized spacial score (nSPS) is 10.6. The van der Waals surface area contributed by atoms with E-state index in [4.69, 9.17) is 5.11 Å². The van der Waals surface area contributed by atoms with Gasteiger partial charge >= 0.3 is 5.97 Å². The Kier molecular flexibility index (Phi) is 4.72. The van der Waals surface area contributed by atoms with E-state index in [-0.39, 0.29) is 5.91 Å². The zero-order valence-corrected chi connectivity index (χ0v) is 9.71. The van der Waals surface area contributed by atoms with E-state index in [9.17, 15) is 9.59 Å². The number of hydrogen-bond donors (Lipinski definition) is 2. The molecule has 1 amide bonds. The maximum absolute atomic E-state index is 10.8. The number of carboxylic acid groups (broad SMARTS) is 1. The fourth-order valence-electron chi connectivity index (χ4n) is 1.17. The van der Waals surface area contributed by atoms with Gasteiger partial charge in [-0.15, -0.1) is 11.3 Å². The van der Waals surface area contributed by atoms with Crippen LogP contribution < -0.4 is 5.32 Å². The van der Waals surface area contributed by atoms with E-state index in [1.807, 2.05) is 6.08 Å². The molecule has 0 saturated heterocycles. The maximum Gasteiger partial charge on any atom is 0.346 e. The molecule has 1 aromatic rings. The second-order valence-electron chi connectivity index (χ2n) is 3.18. The summed E-state index contributed by atoms with van der Waals surface area (Å²) in [5.41, 5.74) is 0.709. The van der Waals surface area contributed by atoms with E-state index in [0.717, 1.165) is 0 Å². The number of thiophene rings is 1. The third-order valence-electron chi connectivity index (χ3n) is 1.87.